The van der Waals surface area contributed by atoms with Gasteiger partial charge in [0.25, 0.3) is 5.69 Å². The number of non-ortho nitro benzene ring substituents is 1. The molecule has 0 fully saturated rings. The first-order chi connectivity index (χ1) is 17.2. The molecule has 3 aromatic rings. The molecule has 11 heteroatoms. The van der Waals surface area contributed by atoms with E-state index < -0.39 is 10.9 Å². The van der Waals surface area contributed by atoms with Crippen LogP contribution in [0.1, 0.15) is 23.6 Å². The molecular formula is C25H17Cl2IN2O6. The molecule has 0 amide bonds. The molecule has 3 aromatic carbocycles. The molecule has 0 N–H and O–H groups in total. The molecule has 0 radical (unpaired) electrons. The van der Waals surface area contributed by atoms with Crippen LogP contribution in [0.2, 0.25) is 10.0 Å². The largest absolute Gasteiger partial charge is 0.490 e. The number of nitro groups is 1. The number of ether oxygens (including phenoxy) is 3. The number of carbonyl (C=O) groups is 1. The molecule has 0 saturated carbocycles. The number of hydrogen-bond acceptors (Lipinski definition) is 7. The summed E-state index contributed by atoms with van der Waals surface area (Å²) in [5.41, 5.74) is 1.58. The van der Waals surface area contributed by atoms with Crippen molar-refractivity contribution in [1.29, 1.82) is 0 Å². The van der Waals surface area contributed by atoms with Crippen LogP contribution in [0.15, 0.2) is 65.3 Å². The Morgan fingerprint density at radius 3 is 2.50 bits per heavy atom. The fraction of sp³-hybridized carbons (Fsp3) is 0.120. The number of benzene rings is 3. The Morgan fingerprint density at radius 1 is 1.08 bits per heavy atom. The van der Waals surface area contributed by atoms with Gasteiger partial charge in [-0.15, -0.1) is 0 Å². The third-order valence-electron chi connectivity index (χ3n) is 4.95. The maximum absolute atomic E-state index is 12.4. The lowest BCUT2D eigenvalue weighted by Crippen LogP contribution is -2.06. The normalized spacial score (nSPS) is 13.9. The van der Waals surface area contributed by atoms with Crippen molar-refractivity contribution in [3.8, 4) is 11.5 Å². The van der Waals surface area contributed by atoms with Crippen LogP contribution >= 0.6 is 45.8 Å². The van der Waals surface area contributed by atoms with Gasteiger partial charge in [0.15, 0.2) is 17.2 Å². The number of nitrogens with zero attached hydrogens (tertiary/aromatic N) is 2. The number of carbonyl (C=O) groups excluding carboxylic acids is 1. The molecule has 0 saturated heterocycles. The van der Waals surface area contributed by atoms with Gasteiger partial charge in [-0.1, -0.05) is 35.3 Å². The Hall–Kier alpha value is -3.15. The number of cyclic esters (lactones) is 1. The fourth-order valence-electron chi connectivity index (χ4n) is 3.28. The molecule has 1 heterocycles. The number of hydrogen-bond donors (Lipinski definition) is 0. The zero-order chi connectivity index (χ0) is 25.8. The van der Waals surface area contributed by atoms with Crippen LogP contribution in [0.5, 0.6) is 11.5 Å². The molecule has 0 atom stereocenters. The second-order valence-electron chi connectivity index (χ2n) is 7.44. The molecule has 0 bridgehead atoms. The van der Waals surface area contributed by atoms with E-state index in [1.807, 2.05) is 31.2 Å². The van der Waals surface area contributed by atoms with Gasteiger partial charge in [0.1, 0.15) is 6.61 Å². The number of nitro benzene ring substituents is 1. The van der Waals surface area contributed by atoms with Crippen molar-refractivity contribution in [2.45, 2.75) is 13.5 Å². The third-order valence-corrected chi connectivity index (χ3v) is 6.26. The van der Waals surface area contributed by atoms with Gasteiger partial charge in [-0.25, -0.2) is 9.79 Å². The summed E-state index contributed by atoms with van der Waals surface area (Å²) >= 11 is 14.9. The van der Waals surface area contributed by atoms with Gasteiger partial charge >= 0.3 is 5.97 Å². The maximum atomic E-state index is 12.4. The predicted octanol–water partition coefficient (Wildman–Crippen LogP) is 6.83. The quantitative estimate of drug-likeness (QED) is 0.0882. The van der Waals surface area contributed by atoms with Crippen LogP contribution in [0.4, 0.5) is 5.69 Å². The molecule has 1 aliphatic rings. The lowest BCUT2D eigenvalue weighted by Gasteiger charge is -2.14. The minimum atomic E-state index is -0.701. The average Bonchev–Trinajstić information content (AvgIpc) is 3.19. The number of aliphatic imine (C=N–C) groups is 1. The van der Waals surface area contributed by atoms with Gasteiger partial charge in [-0.2, -0.15) is 0 Å². The monoisotopic (exact) mass is 638 g/mol. The van der Waals surface area contributed by atoms with E-state index in [2.05, 4.69) is 27.6 Å². The van der Waals surface area contributed by atoms with Gasteiger partial charge < -0.3 is 14.2 Å². The fourth-order valence-corrected chi connectivity index (χ4v) is 4.17. The Bertz CT molecular complexity index is 1410. The zero-order valence-corrected chi connectivity index (χ0v) is 22.3. The van der Waals surface area contributed by atoms with Crippen LogP contribution in [0, 0.1) is 13.7 Å². The van der Waals surface area contributed by atoms with E-state index in [-0.39, 0.29) is 27.9 Å². The molecule has 8 nitrogen and oxygen atoms in total. The van der Waals surface area contributed by atoms with Crippen molar-refractivity contribution in [2.75, 3.05) is 6.61 Å². The van der Waals surface area contributed by atoms with Gasteiger partial charge in [0.05, 0.1) is 27.1 Å². The molecule has 0 unspecified atom stereocenters. The standard InChI is InChI=1S/C25H17Cl2IN2O6/c1-2-34-22-11-15(9-20(27)23(22)35-13-14-3-5-16(28)6-4-14)10-21-25(31)36-24(29-21)18-8-7-17(30(32)33)12-19(18)26/h3-12H,2,13H2,1H3/b21-10-. The topological polar surface area (TPSA) is 100 Å². The highest BCUT2D eigenvalue weighted by Crippen LogP contribution is 2.38. The van der Waals surface area contributed by atoms with Crippen LogP contribution in [0.3, 0.4) is 0 Å². The lowest BCUT2D eigenvalue weighted by molar-refractivity contribution is -0.384. The van der Waals surface area contributed by atoms with E-state index in [1.165, 1.54) is 18.2 Å². The number of esters is 1. The highest BCUT2D eigenvalue weighted by atomic mass is 127. The van der Waals surface area contributed by atoms with E-state index in [1.54, 1.807) is 12.1 Å². The lowest BCUT2D eigenvalue weighted by atomic mass is 10.1. The van der Waals surface area contributed by atoms with Crippen molar-refractivity contribution < 1.29 is 23.9 Å². The summed E-state index contributed by atoms with van der Waals surface area (Å²) in [6, 6.07) is 15.0. The number of halogens is 3. The molecule has 1 aliphatic heterocycles. The summed E-state index contributed by atoms with van der Waals surface area (Å²) in [7, 11) is 0. The Balaban J connectivity index is 1.61. The minimum absolute atomic E-state index is 0.00508. The van der Waals surface area contributed by atoms with Gasteiger partial charge in [0, 0.05) is 15.7 Å². The van der Waals surface area contributed by atoms with Crippen molar-refractivity contribution in [3.05, 3.63) is 101 Å². The highest BCUT2D eigenvalue weighted by molar-refractivity contribution is 14.1. The summed E-state index contributed by atoms with van der Waals surface area (Å²) in [5, 5.41) is 11.3. The first-order valence-corrected chi connectivity index (χ1v) is 12.4. The van der Waals surface area contributed by atoms with E-state index in [9.17, 15) is 14.9 Å². The third kappa shape index (κ3) is 5.97. The van der Waals surface area contributed by atoms with Crippen molar-refractivity contribution in [3.63, 3.8) is 0 Å². The second-order valence-corrected chi connectivity index (χ2v) is 9.50. The smallest absolute Gasteiger partial charge is 0.363 e. The molecule has 184 valence electrons. The van der Waals surface area contributed by atoms with E-state index in [0.29, 0.717) is 35.3 Å². The maximum Gasteiger partial charge on any atom is 0.363 e. The molecule has 0 spiro atoms. The average molecular weight is 639 g/mol. The van der Waals surface area contributed by atoms with E-state index in [4.69, 9.17) is 37.4 Å². The van der Waals surface area contributed by atoms with Gasteiger partial charge in [0.2, 0.25) is 5.90 Å². The zero-order valence-electron chi connectivity index (χ0n) is 18.7. The van der Waals surface area contributed by atoms with Crippen molar-refractivity contribution >= 4 is 69.4 Å². The minimum Gasteiger partial charge on any atom is -0.490 e. The Labute approximate surface area is 229 Å². The van der Waals surface area contributed by atoms with Crippen molar-refractivity contribution in [1.82, 2.24) is 0 Å². The SMILES string of the molecule is CCOc1cc(/C=C2\N=C(c3ccc([N+](=O)[O-])cc3Cl)OC2=O)cc(Cl)c1OCc1ccc(I)cc1. The molecule has 0 aromatic heterocycles. The van der Waals surface area contributed by atoms with Crippen LogP contribution in [-0.4, -0.2) is 23.4 Å². The van der Waals surface area contributed by atoms with Crippen LogP contribution in [-0.2, 0) is 16.1 Å². The molecule has 0 aliphatic carbocycles. The summed E-state index contributed by atoms with van der Waals surface area (Å²) in [4.78, 5) is 27.0. The number of rotatable bonds is 8. The Kier molecular flexibility index (Phi) is 8.12. The summed E-state index contributed by atoms with van der Waals surface area (Å²) in [5.74, 6) is 0.0405. The highest BCUT2D eigenvalue weighted by Gasteiger charge is 2.27. The summed E-state index contributed by atoms with van der Waals surface area (Å²) in [6.07, 6.45) is 1.49. The molecular weight excluding hydrogens is 622 g/mol. The Morgan fingerprint density at radius 2 is 1.83 bits per heavy atom. The predicted molar refractivity (Wildman–Crippen MR) is 145 cm³/mol. The van der Waals surface area contributed by atoms with Crippen molar-refractivity contribution in [2.24, 2.45) is 4.99 Å². The van der Waals surface area contributed by atoms with E-state index >= 15 is 0 Å². The van der Waals surface area contributed by atoms with Gasteiger partial charge in [-0.05, 0) is 77.0 Å². The van der Waals surface area contributed by atoms with Crippen LogP contribution in [0.25, 0.3) is 6.08 Å². The first-order valence-electron chi connectivity index (χ1n) is 10.6. The summed E-state index contributed by atoms with van der Waals surface area (Å²) in [6.45, 7) is 2.51. The molecule has 4 rings (SSSR count). The first kappa shape index (κ1) is 25.9. The molecule has 36 heavy (non-hydrogen) atoms. The van der Waals surface area contributed by atoms with Crippen LogP contribution < -0.4 is 9.47 Å². The van der Waals surface area contributed by atoms with E-state index in [0.717, 1.165) is 15.2 Å². The second kappa shape index (κ2) is 11.3. The summed E-state index contributed by atoms with van der Waals surface area (Å²) < 4.78 is 18.0. The van der Waals surface area contributed by atoms with Gasteiger partial charge in [-0.3, -0.25) is 10.1 Å².